The molecule has 0 aromatic heterocycles. The van der Waals surface area contributed by atoms with Crippen molar-refractivity contribution in [1.82, 2.24) is 0 Å². The van der Waals surface area contributed by atoms with Gasteiger partial charge in [0.2, 0.25) is 0 Å². The van der Waals surface area contributed by atoms with Crippen LogP contribution in [0, 0.1) is 0 Å². The van der Waals surface area contributed by atoms with Gasteiger partial charge < -0.3 is 26.6 Å². The van der Waals surface area contributed by atoms with Crippen molar-refractivity contribution < 1.29 is 26.6 Å². The molecule has 14 heteroatoms. The Balaban J connectivity index is 0. The van der Waals surface area contributed by atoms with Gasteiger partial charge in [0, 0.05) is 74.7 Å². The highest BCUT2D eigenvalue weighted by Gasteiger charge is 2.40. The highest BCUT2D eigenvalue weighted by Crippen LogP contribution is 2.44. The fourth-order valence-electron chi connectivity index (χ4n) is 4.81. The second kappa shape index (κ2) is 42.0. The number of unbranched alkanes of at least 4 members (excludes halogenated alkanes) is 10. The number of hydrogen-bond donors (Lipinski definition) is 0. The lowest BCUT2D eigenvalue weighted by atomic mass is 10.1. The van der Waals surface area contributed by atoms with Gasteiger partial charge >= 0.3 is 17.6 Å². The molecule has 0 unspecified atom stereocenters. The molecule has 292 valence electrons. The molecule has 6 nitrogen and oxygen atoms in total. The summed E-state index contributed by atoms with van der Waals surface area (Å²) in [6.45, 7) is 20.4. The van der Waals surface area contributed by atoms with Crippen molar-refractivity contribution in [3.05, 3.63) is 0 Å². The summed E-state index contributed by atoms with van der Waals surface area (Å²) in [6.07, 6.45) is 19.2. The van der Waals surface area contributed by atoms with Crippen molar-refractivity contribution >= 4 is 80.4 Å². The van der Waals surface area contributed by atoms with Crippen molar-refractivity contribution in [2.45, 2.75) is 157 Å². The van der Waals surface area contributed by atoms with Crippen LogP contribution in [0.2, 0.25) is 12.1 Å². The molecule has 0 aliphatic heterocycles. The van der Waals surface area contributed by atoms with Crippen LogP contribution in [0.25, 0.3) is 0 Å². The molecule has 0 spiro atoms. The summed E-state index contributed by atoms with van der Waals surface area (Å²) in [5, 5.41) is 0. The summed E-state index contributed by atoms with van der Waals surface area (Å²) < 4.78 is 35.4. The van der Waals surface area contributed by atoms with Crippen LogP contribution in [-0.4, -0.2) is 80.3 Å². The molecule has 0 rings (SSSR count). The lowest BCUT2D eigenvalue weighted by Gasteiger charge is -2.28. The van der Waals surface area contributed by atoms with Crippen LogP contribution < -0.4 is 0 Å². The molecule has 0 fully saturated rings. The van der Waals surface area contributed by atoms with Gasteiger partial charge in [-0.05, 0) is 86.9 Å². The Morgan fingerprint density at radius 3 is 0.875 bits per heavy atom. The summed E-state index contributed by atoms with van der Waals surface area (Å²) in [5.74, 6) is 4.86. The molecule has 0 bridgehead atoms. The van der Waals surface area contributed by atoms with Crippen molar-refractivity contribution in [3.63, 3.8) is 0 Å². The zero-order chi connectivity index (χ0) is 35.9. The van der Waals surface area contributed by atoms with Crippen molar-refractivity contribution in [2.75, 3.05) is 62.7 Å². The van der Waals surface area contributed by atoms with Gasteiger partial charge in [-0.15, -0.1) is 0 Å². The molecule has 0 N–H and O–H groups in total. The topological polar surface area (TPSA) is 55.4 Å². The van der Waals surface area contributed by atoms with E-state index in [2.05, 4.69) is 35.4 Å². The smallest absolute Gasteiger partial charge is 0.374 e. The molecule has 0 saturated heterocycles. The van der Waals surface area contributed by atoms with E-state index in [9.17, 15) is 0 Å². The zero-order valence-electron chi connectivity index (χ0n) is 32.3. The normalized spacial score (nSPS) is 12.0. The van der Waals surface area contributed by atoms with E-state index in [1.54, 1.807) is 0 Å². The van der Waals surface area contributed by atoms with Crippen LogP contribution in [-0.2, 0) is 26.6 Å². The molecule has 48 heavy (non-hydrogen) atoms. The first-order chi connectivity index (χ1) is 23.5. The molecule has 0 saturated carbocycles. The fraction of sp³-hybridized carbons (Fsp3) is 1.00. The molecule has 0 heterocycles. The van der Waals surface area contributed by atoms with Crippen LogP contribution in [0.3, 0.4) is 0 Å². The minimum absolute atomic E-state index is 0.640. The third kappa shape index (κ3) is 34.1. The average Bonchev–Trinajstić information content (AvgIpc) is 3.07. The van der Waals surface area contributed by atoms with Crippen molar-refractivity contribution in [1.29, 1.82) is 0 Å². The molecular formula is C34H76O6S6Si2. The van der Waals surface area contributed by atoms with E-state index in [4.69, 9.17) is 26.6 Å². The second-order valence-electron chi connectivity index (χ2n) is 11.1. The minimum atomic E-state index is -2.49. The minimum Gasteiger partial charge on any atom is -0.374 e. The first-order valence-electron chi connectivity index (χ1n) is 19.1. The van der Waals surface area contributed by atoms with Gasteiger partial charge in [-0.1, -0.05) is 121 Å². The third-order valence-electron chi connectivity index (χ3n) is 6.98. The van der Waals surface area contributed by atoms with E-state index in [1.165, 1.54) is 88.6 Å². The molecule has 0 aromatic rings. The van der Waals surface area contributed by atoms with Crippen LogP contribution in [0.4, 0.5) is 0 Å². The lowest BCUT2D eigenvalue weighted by Crippen LogP contribution is -2.46. The largest absolute Gasteiger partial charge is 0.500 e. The van der Waals surface area contributed by atoms with Gasteiger partial charge in [-0.2, -0.15) is 0 Å². The van der Waals surface area contributed by atoms with E-state index in [0.29, 0.717) is 39.6 Å². The van der Waals surface area contributed by atoms with E-state index in [-0.39, 0.29) is 0 Å². The monoisotopic (exact) mass is 828 g/mol. The summed E-state index contributed by atoms with van der Waals surface area (Å²) in [4.78, 5) is 0. The molecule has 0 aliphatic rings. The standard InChI is InChI=1S/C18H42O6S4Si2.C16H34S2/c1-7-19-29(20-8-2,21-9-3)17-13-15-25-27-28-26-16-14-18-30(22-10-4,23-11-5)24-12-6;1-3-5-7-9-11-13-15-17-18-16-14-12-10-8-6-4-2/h7-18H2,1-6H3;3-16H2,1-2H3. The summed E-state index contributed by atoms with van der Waals surface area (Å²) in [6, 6.07) is 1.76. The fourth-order valence-corrected chi connectivity index (χ4v) is 19.0. The maximum Gasteiger partial charge on any atom is 0.500 e. The first-order valence-corrected chi connectivity index (χ1v) is 30.6. The average molecular weight is 830 g/mol. The summed E-state index contributed by atoms with van der Waals surface area (Å²) >= 11 is 0. The van der Waals surface area contributed by atoms with Crippen LogP contribution in [0.15, 0.2) is 0 Å². The summed E-state index contributed by atoms with van der Waals surface area (Å²) in [5.41, 5.74) is 0. The van der Waals surface area contributed by atoms with Gasteiger partial charge in [-0.3, -0.25) is 0 Å². The van der Waals surface area contributed by atoms with Crippen LogP contribution in [0.1, 0.15) is 145 Å². The summed E-state index contributed by atoms with van der Waals surface area (Å²) in [7, 11) is 6.68. The SMILES string of the molecule is CCCCCCCCSSCCCCCCCC.CCO[Si](CCCSSSSCCC[Si](OCC)(OCC)OCC)(OCC)OCC. The maximum absolute atomic E-state index is 5.90. The molecular weight excluding hydrogens is 753 g/mol. The van der Waals surface area contributed by atoms with Gasteiger partial charge in [0.1, 0.15) is 0 Å². The predicted octanol–water partition coefficient (Wildman–Crippen LogP) is 13.6. The Bertz CT molecular complexity index is 538. The van der Waals surface area contributed by atoms with Crippen molar-refractivity contribution in [3.8, 4) is 0 Å². The molecule has 0 radical (unpaired) electrons. The molecule has 0 aromatic carbocycles. The van der Waals surface area contributed by atoms with Crippen molar-refractivity contribution in [2.24, 2.45) is 0 Å². The van der Waals surface area contributed by atoms with E-state index in [0.717, 1.165) is 36.4 Å². The Labute approximate surface area is 324 Å². The van der Waals surface area contributed by atoms with E-state index >= 15 is 0 Å². The predicted molar refractivity (Wildman–Crippen MR) is 232 cm³/mol. The van der Waals surface area contributed by atoms with Gasteiger partial charge in [0.05, 0.1) is 0 Å². The molecule has 0 atom stereocenters. The Kier molecular flexibility index (Phi) is 45.9. The highest BCUT2D eigenvalue weighted by molar-refractivity contribution is 9.26. The first kappa shape index (κ1) is 52.4. The van der Waals surface area contributed by atoms with Crippen LogP contribution in [0.5, 0.6) is 0 Å². The molecule has 0 amide bonds. The maximum atomic E-state index is 5.90. The second-order valence-corrected chi connectivity index (χ2v) is 25.5. The van der Waals surface area contributed by atoms with Gasteiger partial charge in [-0.25, -0.2) is 0 Å². The third-order valence-corrected chi connectivity index (χ3v) is 22.5. The van der Waals surface area contributed by atoms with Gasteiger partial charge in [0.25, 0.3) is 0 Å². The Morgan fingerprint density at radius 2 is 0.583 bits per heavy atom. The highest BCUT2D eigenvalue weighted by atomic mass is 33.7. The van der Waals surface area contributed by atoms with E-state index in [1.807, 2.05) is 82.8 Å². The Morgan fingerprint density at radius 1 is 0.312 bits per heavy atom. The molecule has 0 aliphatic carbocycles. The van der Waals surface area contributed by atoms with E-state index < -0.39 is 17.6 Å². The quantitative estimate of drug-likeness (QED) is 0.0338. The Hall–Kier alpha value is 2.29. The number of rotatable bonds is 38. The lowest BCUT2D eigenvalue weighted by molar-refractivity contribution is 0.0704. The number of hydrogen-bond acceptors (Lipinski definition) is 12. The zero-order valence-corrected chi connectivity index (χ0v) is 39.2. The van der Waals surface area contributed by atoms with Gasteiger partial charge in [0.15, 0.2) is 0 Å². The van der Waals surface area contributed by atoms with Crippen LogP contribution >= 0.6 is 62.8 Å².